The molecule has 0 bridgehead atoms. The van der Waals surface area contributed by atoms with Gasteiger partial charge in [0.2, 0.25) is 0 Å². The van der Waals surface area contributed by atoms with Crippen LogP contribution in [0.2, 0.25) is 0 Å². The van der Waals surface area contributed by atoms with Gasteiger partial charge in [0.05, 0.1) is 17.3 Å². The highest BCUT2D eigenvalue weighted by Gasteiger charge is 2.08. The molecule has 0 atom stereocenters. The molecule has 6 heteroatoms. The summed E-state index contributed by atoms with van der Waals surface area (Å²) in [5, 5.41) is 3.56. The normalized spacial score (nSPS) is 10.8. The van der Waals surface area contributed by atoms with E-state index in [0.717, 1.165) is 18.3 Å². The molecule has 0 saturated carbocycles. The number of nitrogens with one attached hydrogen (secondary N) is 1. The summed E-state index contributed by atoms with van der Waals surface area (Å²) in [6.45, 7) is 0. The minimum absolute atomic E-state index is 0.306. The number of amides is 1. The number of carbonyl (C=O) groups is 1. The van der Waals surface area contributed by atoms with Gasteiger partial charge in [-0.2, -0.15) is 5.10 Å². The van der Waals surface area contributed by atoms with E-state index in [1.807, 2.05) is 0 Å². The zero-order chi connectivity index (χ0) is 14.5. The molecule has 2 aromatic rings. The number of halogens is 3. The van der Waals surface area contributed by atoms with E-state index in [9.17, 15) is 13.6 Å². The Morgan fingerprint density at radius 3 is 2.40 bits per heavy atom. The van der Waals surface area contributed by atoms with Crippen molar-refractivity contribution in [3.8, 4) is 0 Å². The summed E-state index contributed by atoms with van der Waals surface area (Å²) in [4.78, 5) is 11.8. The molecule has 0 spiro atoms. The van der Waals surface area contributed by atoms with E-state index in [2.05, 4.69) is 26.5 Å². The van der Waals surface area contributed by atoms with E-state index in [1.165, 1.54) is 6.07 Å². The lowest BCUT2D eigenvalue weighted by molar-refractivity contribution is 0.0954. The maximum absolute atomic E-state index is 13.3. The second-order valence-corrected chi connectivity index (χ2v) is 4.67. The van der Waals surface area contributed by atoms with Crippen molar-refractivity contribution >= 4 is 28.1 Å². The molecule has 2 rings (SSSR count). The average Bonchev–Trinajstić information content (AvgIpc) is 2.42. The van der Waals surface area contributed by atoms with Gasteiger partial charge in [-0.1, -0.05) is 18.2 Å². The van der Waals surface area contributed by atoms with Gasteiger partial charge >= 0.3 is 0 Å². The van der Waals surface area contributed by atoms with Crippen LogP contribution in [0.1, 0.15) is 15.9 Å². The number of benzene rings is 2. The van der Waals surface area contributed by atoms with E-state index in [0.29, 0.717) is 10.0 Å². The average molecular weight is 339 g/mol. The Balaban J connectivity index is 2.11. The summed E-state index contributed by atoms with van der Waals surface area (Å²) in [5.74, 6) is -1.97. The maximum atomic E-state index is 13.3. The molecular weight excluding hydrogens is 330 g/mol. The highest BCUT2D eigenvalue weighted by atomic mass is 79.9. The molecule has 0 heterocycles. The molecule has 102 valence electrons. The molecule has 2 aromatic carbocycles. The molecule has 0 aliphatic rings. The van der Waals surface area contributed by atoms with Gasteiger partial charge in [-0.05, 0) is 40.2 Å². The molecule has 0 saturated heterocycles. The van der Waals surface area contributed by atoms with Crippen LogP contribution >= 0.6 is 15.9 Å². The molecule has 3 nitrogen and oxygen atoms in total. The van der Waals surface area contributed by atoms with Crippen LogP contribution in [0.5, 0.6) is 0 Å². The van der Waals surface area contributed by atoms with E-state index in [1.54, 1.807) is 24.3 Å². The van der Waals surface area contributed by atoms with Crippen LogP contribution in [-0.4, -0.2) is 12.1 Å². The zero-order valence-electron chi connectivity index (χ0n) is 10.1. The van der Waals surface area contributed by atoms with Crippen molar-refractivity contribution in [3.63, 3.8) is 0 Å². The number of nitrogens with zero attached hydrogens (tertiary/aromatic N) is 1. The van der Waals surface area contributed by atoms with Gasteiger partial charge in [-0.15, -0.1) is 0 Å². The van der Waals surface area contributed by atoms with Crippen molar-refractivity contribution in [1.82, 2.24) is 5.43 Å². The predicted octanol–water partition coefficient (Wildman–Crippen LogP) is 3.49. The van der Waals surface area contributed by atoms with Gasteiger partial charge in [0.25, 0.3) is 5.91 Å². The predicted molar refractivity (Wildman–Crippen MR) is 75.6 cm³/mol. The van der Waals surface area contributed by atoms with Crippen molar-refractivity contribution in [1.29, 1.82) is 0 Å². The standard InChI is InChI=1S/C14H9BrF2N2O/c15-11-5-2-1-4-9(11)14(20)19-18-8-10-12(16)6-3-7-13(10)17/h1-8H,(H,19,20). The highest BCUT2D eigenvalue weighted by Crippen LogP contribution is 2.15. The Kier molecular flexibility index (Phi) is 4.57. The van der Waals surface area contributed by atoms with Crippen LogP contribution in [0.15, 0.2) is 52.0 Å². The van der Waals surface area contributed by atoms with E-state index in [-0.39, 0.29) is 5.56 Å². The van der Waals surface area contributed by atoms with Gasteiger partial charge in [-0.25, -0.2) is 14.2 Å². The van der Waals surface area contributed by atoms with Crippen LogP contribution in [0.4, 0.5) is 8.78 Å². The third kappa shape index (κ3) is 3.27. The van der Waals surface area contributed by atoms with Crippen LogP contribution < -0.4 is 5.43 Å². The SMILES string of the molecule is O=C(NN=Cc1c(F)cccc1F)c1ccccc1Br. The monoisotopic (exact) mass is 338 g/mol. The van der Waals surface area contributed by atoms with Crippen LogP contribution in [0.3, 0.4) is 0 Å². The topological polar surface area (TPSA) is 41.5 Å². The van der Waals surface area contributed by atoms with Crippen LogP contribution in [0, 0.1) is 11.6 Å². The molecule has 0 aromatic heterocycles. The third-order valence-corrected chi connectivity index (χ3v) is 3.17. The fraction of sp³-hybridized carbons (Fsp3) is 0. The Morgan fingerprint density at radius 2 is 1.75 bits per heavy atom. The number of hydrazone groups is 1. The van der Waals surface area contributed by atoms with E-state index in [4.69, 9.17) is 0 Å². The van der Waals surface area contributed by atoms with E-state index >= 15 is 0 Å². The van der Waals surface area contributed by atoms with Crippen molar-refractivity contribution in [2.45, 2.75) is 0 Å². The molecule has 0 unspecified atom stereocenters. The molecule has 20 heavy (non-hydrogen) atoms. The summed E-state index contributed by atoms with van der Waals surface area (Å²) in [5.41, 5.74) is 2.28. The van der Waals surface area contributed by atoms with Crippen molar-refractivity contribution in [3.05, 3.63) is 69.7 Å². The number of carbonyl (C=O) groups excluding carboxylic acids is 1. The highest BCUT2D eigenvalue weighted by molar-refractivity contribution is 9.10. The first-order valence-corrected chi connectivity index (χ1v) is 6.41. The number of rotatable bonds is 3. The zero-order valence-corrected chi connectivity index (χ0v) is 11.7. The lowest BCUT2D eigenvalue weighted by atomic mass is 10.2. The first-order chi connectivity index (χ1) is 9.59. The lowest BCUT2D eigenvalue weighted by Crippen LogP contribution is -2.18. The first kappa shape index (κ1) is 14.3. The molecule has 1 N–H and O–H groups in total. The molecule has 0 aliphatic carbocycles. The summed E-state index contributed by atoms with van der Waals surface area (Å²) >= 11 is 3.22. The fourth-order valence-corrected chi connectivity index (χ4v) is 1.96. The first-order valence-electron chi connectivity index (χ1n) is 5.61. The van der Waals surface area contributed by atoms with Crippen LogP contribution in [0.25, 0.3) is 0 Å². The Bertz CT molecular complexity index is 654. The third-order valence-electron chi connectivity index (χ3n) is 2.48. The van der Waals surface area contributed by atoms with Crippen molar-refractivity contribution in [2.24, 2.45) is 5.10 Å². The largest absolute Gasteiger partial charge is 0.272 e. The molecular formula is C14H9BrF2N2O. The van der Waals surface area contributed by atoms with Gasteiger partial charge in [0.15, 0.2) is 0 Å². The summed E-state index contributed by atoms with van der Waals surface area (Å²) in [7, 11) is 0. The Hall–Kier alpha value is -2.08. The van der Waals surface area contributed by atoms with Crippen molar-refractivity contribution in [2.75, 3.05) is 0 Å². The number of hydrogen-bond acceptors (Lipinski definition) is 2. The summed E-state index contributed by atoms with van der Waals surface area (Å²) < 4.78 is 27.2. The smallest absolute Gasteiger partial charge is 0.267 e. The van der Waals surface area contributed by atoms with Gasteiger partial charge < -0.3 is 0 Å². The summed E-state index contributed by atoms with van der Waals surface area (Å²) in [6.07, 6.45) is 0.930. The Morgan fingerprint density at radius 1 is 1.10 bits per heavy atom. The molecule has 0 aliphatic heterocycles. The Labute approximate surface area is 122 Å². The minimum Gasteiger partial charge on any atom is -0.267 e. The molecule has 0 fully saturated rings. The second-order valence-electron chi connectivity index (χ2n) is 3.81. The lowest BCUT2D eigenvalue weighted by Gasteiger charge is -2.02. The van der Waals surface area contributed by atoms with Gasteiger partial charge in [0, 0.05) is 4.47 Å². The van der Waals surface area contributed by atoms with Crippen molar-refractivity contribution < 1.29 is 13.6 Å². The van der Waals surface area contributed by atoms with Crippen LogP contribution in [-0.2, 0) is 0 Å². The quantitative estimate of drug-likeness (QED) is 0.675. The van der Waals surface area contributed by atoms with Gasteiger partial charge in [0.1, 0.15) is 11.6 Å². The minimum atomic E-state index is -0.746. The maximum Gasteiger partial charge on any atom is 0.272 e. The van der Waals surface area contributed by atoms with E-state index < -0.39 is 17.5 Å². The molecule has 1 amide bonds. The fourth-order valence-electron chi connectivity index (χ4n) is 1.50. The number of hydrogen-bond donors (Lipinski definition) is 1. The van der Waals surface area contributed by atoms with Gasteiger partial charge in [-0.3, -0.25) is 4.79 Å². The molecule has 0 radical (unpaired) electrons. The summed E-state index contributed by atoms with van der Waals surface area (Å²) in [6, 6.07) is 10.2. The second kappa shape index (κ2) is 6.38.